The Bertz CT molecular complexity index is 1620. The van der Waals surface area contributed by atoms with E-state index in [-0.39, 0.29) is 5.15 Å². The van der Waals surface area contributed by atoms with E-state index in [1.807, 2.05) is 53.3 Å². The van der Waals surface area contributed by atoms with E-state index in [0.717, 1.165) is 22.6 Å². The number of aryl methyl sites for hydroxylation is 1. The van der Waals surface area contributed by atoms with Crippen LogP contribution in [0.3, 0.4) is 0 Å². The van der Waals surface area contributed by atoms with Gasteiger partial charge in [0, 0.05) is 11.1 Å². The lowest BCUT2D eigenvalue weighted by Crippen LogP contribution is -2.26. The molecular formula is C29H25Cl2N3O4S. The molecule has 0 saturated carbocycles. The van der Waals surface area contributed by atoms with Crippen LogP contribution in [0.4, 0.5) is 0 Å². The molecule has 0 saturated heterocycles. The quantitative estimate of drug-likeness (QED) is 0.223. The second kappa shape index (κ2) is 12.8. The Balaban J connectivity index is 1.44. The lowest BCUT2D eigenvalue weighted by molar-refractivity contribution is -0.114. The molecule has 1 aromatic heterocycles. The van der Waals surface area contributed by atoms with Crippen molar-refractivity contribution in [3.05, 3.63) is 129 Å². The highest BCUT2D eigenvalue weighted by atomic mass is 35.5. The molecule has 0 fully saturated rings. The highest BCUT2D eigenvalue weighted by Gasteiger charge is 2.15. The van der Waals surface area contributed by atoms with E-state index in [1.54, 1.807) is 41.8 Å². The molecule has 10 heteroatoms. The van der Waals surface area contributed by atoms with E-state index in [9.17, 15) is 13.2 Å². The summed E-state index contributed by atoms with van der Waals surface area (Å²) in [6.45, 7) is 2.51. The average Bonchev–Trinajstić information content (AvgIpc) is 3.18. The number of imidazole rings is 1. The van der Waals surface area contributed by atoms with Gasteiger partial charge in [-0.05, 0) is 47.9 Å². The zero-order valence-corrected chi connectivity index (χ0v) is 23.2. The maximum Gasteiger partial charge on any atom is 0.257 e. The summed E-state index contributed by atoms with van der Waals surface area (Å²) in [5.41, 5.74) is 2.95. The Morgan fingerprint density at radius 1 is 1.00 bits per heavy atom. The Morgan fingerprint density at radius 2 is 1.69 bits per heavy atom. The smallest absolute Gasteiger partial charge is 0.257 e. The number of carbonyl (C=O) groups is 1. The van der Waals surface area contributed by atoms with Crippen LogP contribution in [-0.4, -0.2) is 23.9 Å². The van der Waals surface area contributed by atoms with Gasteiger partial charge in [0.05, 0.1) is 17.6 Å². The number of amides is 1. The first-order chi connectivity index (χ1) is 18.7. The van der Waals surface area contributed by atoms with Crippen molar-refractivity contribution in [1.29, 1.82) is 0 Å². The molecule has 0 aliphatic carbocycles. The third-order valence-electron chi connectivity index (χ3n) is 5.63. The van der Waals surface area contributed by atoms with Gasteiger partial charge in [-0.3, -0.25) is 4.79 Å². The molecule has 4 rings (SSSR count). The fraction of sp³-hybridized carbons (Fsp3) is 0.103. The number of aromatic nitrogens is 2. The van der Waals surface area contributed by atoms with E-state index < -0.39 is 15.9 Å². The van der Waals surface area contributed by atoms with Crippen LogP contribution in [0.2, 0.25) is 10.2 Å². The van der Waals surface area contributed by atoms with Gasteiger partial charge in [-0.1, -0.05) is 89.9 Å². The highest BCUT2D eigenvalue weighted by Crippen LogP contribution is 2.27. The van der Waals surface area contributed by atoms with Crippen molar-refractivity contribution in [2.45, 2.75) is 20.1 Å². The molecular weight excluding hydrogens is 557 g/mol. The van der Waals surface area contributed by atoms with Crippen molar-refractivity contribution >= 4 is 51.3 Å². The minimum Gasteiger partial charge on any atom is -0.489 e. The standard InChI is InChI=1S/C29H25Cl2N3O4S/c1-21-32-29(31)27(14-15-28(35)33-39(36,37)17-16-22-8-4-2-5-9-22)34(21)19-24-12-13-25(18-26(24)30)38-20-23-10-6-3-7-11-23/h2-18H,19-20H2,1H3,(H,33,35). The summed E-state index contributed by atoms with van der Waals surface area (Å²) in [4.78, 5) is 16.6. The van der Waals surface area contributed by atoms with Gasteiger partial charge in [-0.25, -0.2) is 18.1 Å². The summed E-state index contributed by atoms with van der Waals surface area (Å²) < 4.78 is 34.2. The Hall–Kier alpha value is -3.85. The van der Waals surface area contributed by atoms with Gasteiger partial charge in [0.25, 0.3) is 15.9 Å². The van der Waals surface area contributed by atoms with Crippen LogP contribution < -0.4 is 9.46 Å². The third kappa shape index (κ3) is 8.07. The van der Waals surface area contributed by atoms with Gasteiger partial charge in [0.1, 0.15) is 18.2 Å². The number of benzene rings is 3. The van der Waals surface area contributed by atoms with Gasteiger partial charge < -0.3 is 9.30 Å². The molecule has 0 aliphatic heterocycles. The molecule has 200 valence electrons. The minimum atomic E-state index is -4.00. The Labute approximate surface area is 237 Å². The molecule has 3 aromatic carbocycles. The van der Waals surface area contributed by atoms with E-state index in [4.69, 9.17) is 27.9 Å². The van der Waals surface area contributed by atoms with Gasteiger partial charge in [0.15, 0.2) is 5.15 Å². The van der Waals surface area contributed by atoms with Crippen LogP contribution in [0, 0.1) is 6.92 Å². The zero-order chi connectivity index (χ0) is 27.8. The number of hydrogen-bond acceptors (Lipinski definition) is 5. The molecule has 1 amide bonds. The molecule has 7 nitrogen and oxygen atoms in total. The fourth-order valence-electron chi connectivity index (χ4n) is 3.66. The van der Waals surface area contributed by atoms with Crippen LogP contribution in [-0.2, 0) is 28.0 Å². The first kappa shape index (κ1) is 28.2. The molecule has 0 aliphatic rings. The maximum absolute atomic E-state index is 12.4. The summed E-state index contributed by atoms with van der Waals surface area (Å²) in [7, 11) is -4.00. The average molecular weight is 583 g/mol. The van der Waals surface area contributed by atoms with E-state index in [0.29, 0.717) is 41.0 Å². The summed E-state index contributed by atoms with van der Waals surface area (Å²) >= 11 is 12.9. The fourth-order valence-corrected chi connectivity index (χ4v) is 4.93. The first-order valence-corrected chi connectivity index (χ1v) is 14.2. The van der Waals surface area contributed by atoms with Crippen molar-refractivity contribution in [3.63, 3.8) is 0 Å². The monoisotopic (exact) mass is 581 g/mol. The van der Waals surface area contributed by atoms with Gasteiger partial charge >= 0.3 is 0 Å². The minimum absolute atomic E-state index is 0.169. The van der Waals surface area contributed by atoms with Crippen LogP contribution in [0.25, 0.3) is 12.2 Å². The van der Waals surface area contributed by atoms with Crippen LogP contribution in [0.5, 0.6) is 5.75 Å². The largest absolute Gasteiger partial charge is 0.489 e. The van der Waals surface area contributed by atoms with Crippen LogP contribution >= 0.6 is 23.2 Å². The SMILES string of the molecule is Cc1nc(Cl)c(C=CC(=O)NS(=O)(=O)C=Cc2ccccc2)n1Cc1ccc(OCc2ccccc2)cc1Cl. The topological polar surface area (TPSA) is 90.3 Å². The van der Waals surface area contributed by atoms with Crippen LogP contribution in [0.15, 0.2) is 90.3 Å². The number of carbonyl (C=O) groups excluding carboxylic acids is 1. The molecule has 0 unspecified atom stereocenters. The predicted octanol–water partition coefficient (Wildman–Crippen LogP) is 6.26. The van der Waals surface area contributed by atoms with Crippen molar-refractivity contribution in [1.82, 2.24) is 14.3 Å². The second-order valence-corrected chi connectivity index (χ2v) is 10.8. The van der Waals surface area contributed by atoms with Crippen molar-refractivity contribution in [3.8, 4) is 5.75 Å². The molecule has 0 atom stereocenters. The molecule has 39 heavy (non-hydrogen) atoms. The Morgan fingerprint density at radius 3 is 2.38 bits per heavy atom. The van der Waals surface area contributed by atoms with Gasteiger partial charge in [0.2, 0.25) is 0 Å². The second-order valence-electron chi connectivity index (χ2n) is 8.51. The summed E-state index contributed by atoms with van der Waals surface area (Å²) in [5.74, 6) is 0.401. The first-order valence-electron chi connectivity index (χ1n) is 11.9. The maximum atomic E-state index is 12.4. The normalized spacial score (nSPS) is 11.8. The van der Waals surface area contributed by atoms with Gasteiger partial charge in [-0.15, -0.1) is 0 Å². The zero-order valence-electron chi connectivity index (χ0n) is 20.9. The molecule has 1 N–H and O–H groups in total. The summed E-state index contributed by atoms with van der Waals surface area (Å²) in [5, 5.41) is 1.60. The molecule has 4 aromatic rings. The van der Waals surface area contributed by atoms with Crippen LogP contribution in [0.1, 0.15) is 28.2 Å². The molecule has 0 bridgehead atoms. The van der Waals surface area contributed by atoms with E-state index >= 15 is 0 Å². The molecule has 0 radical (unpaired) electrons. The predicted molar refractivity (Wildman–Crippen MR) is 155 cm³/mol. The number of halogens is 2. The summed E-state index contributed by atoms with van der Waals surface area (Å²) in [6.07, 6.45) is 3.91. The number of hydrogen-bond donors (Lipinski definition) is 1. The van der Waals surface area contributed by atoms with Crippen molar-refractivity contribution in [2.24, 2.45) is 0 Å². The van der Waals surface area contributed by atoms with Crippen molar-refractivity contribution in [2.75, 3.05) is 0 Å². The lowest BCUT2D eigenvalue weighted by atomic mass is 10.2. The number of rotatable bonds is 10. The number of nitrogens with one attached hydrogen (secondary N) is 1. The van der Waals surface area contributed by atoms with E-state index in [1.165, 1.54) is 12.2 Å². The molecule has 1 heterocycles. The molecule has 0 spiro atoms. The number of ether oxygens (including phenoxy) is 1. The summed E-state index contributed by atoms with van der Waals surface area (Å²) in [6, 6.07) is 24.1. The number of sulfonamides is 1. The third-order valence-corrected chi connectivity index (χ3v) is 7.24. The Kier molecular flexibility index (Phi) is 9.24. The number of nitrogens with zero attached hydrogens (tertiary/aromatic N) is 2. The van der Waals surface area contributed by atoms with E-state index in [2.05, 4.69) is 4.98 Å². The lowest BCUT2D eigenvalue weighted by Gasteiger charge is -2.12. The highest BCUT2D eigenvalue weighted by molar-refractivity contribution is 7.93. The van der Waals surface area contributed by atoms with Gasteiger partial charge in [-0.2, -0.15) is 0 Å². The van der Waals surface area contributed by atoms with Crippen molar-refractivity contribution < 1.29 is 17.9 Å².